The number of nitrogens with two attached hydrogens (primary N) is 1. The summed E-state index contributed by atoms with van der Waals surface area (Å²) in [7, 11) is -3.69. The lowest BCUT2D eigenvalue weighted by Crippen LogP contribution is -2.49. The van der Waals surface area contributed by atoms with E-state index in [1.165, 1.54) is 4.31 Å². The van der Waals surface area contributed by atoms with Crippen LogP contribution in [0.4, 0.5) is 0 Å². The Kier molecular flexibility index (Phi) is 7.65. The normalized spacial score (nSPS) is 18.9. The summed E-state index contributed by atoms with van der Waals surface area (Å²) in [4.78, 5) is 11.7. The molecule has 10 heteroatoms. The zero-order valence-electron chi connectivity index (χ0n) is 13.9. The standard InChI is InChI=1S/C14H24N4O4S.ClH/c1-10-14(11(2)22-17-10)23(20,21)18-8-4-3-5-12(18)9-16-13(19)6-7-15;/h12H,3-9,15H2,1-2H3,(H,16,19);1H. The summed E-state index contributed by atoms with van der Waals surface area (Å²) >= 11 is 0. The minimum Gasteiger partial charge on any atom is -0.360 e. The van der Waals surface area contributed by atoms with E-state index in [9.17, 15) is 13.2 Å². The molecule has 0 aliphatic carbocycles. The highest BCUT2D eigenvalue weighted by Gasteiger charge is 2.37. The van der Waals surface area contributed by atoms with Crippen molar-refractivity contribution in [2.75, 3.05) is 19.6 Å². The summed E-state index contributed by atoms with van der Waals surface area (Å²) < 4.78 is 32.4. The number of hydrogen-bond donors (Lipinski definition) is 2. The van der Waals surface area contributed by atoms with E-state index in [2.05, 4.69) is 10.5 Å². The molecule has 8 nitrogen and oxygen atoms in total. The molecule has 0 saturated carbocycles. The summed E-state index contributed by atoms with van der Waals surface area (Å²) in [6.07, 6.45) is 2.69. The Hall–Kier alpha value is -1.16. The average Bonchev–Trinajstić information content (AvgIpc) is 2.85. The number of piperidine rings is 1. The molecule has 138 valence electrons. The number of rotatable bonds is 6. The number of nitrogens with zero attached hydrogens (tertiary/aromatic N) is 2. The van der Waals surface area contributed by atoms with Gasteiger partial charge in [-0.05, 0) is 26.7 Å². The molecule has 1 saturated heterocycles. The number of carbonyl (C=O) groups excluding carboxylic acids is 1. The summed E-state index contributed by atoms with van der Waals surface area (Å²) in [5.74, 6) is 0.131. The molecule has 3 N–H and O–H groups in total. The number of carbonyl (C=O) groups is 1. The molecule has 1 fully saturated rings. The third kappa shape index (κ3) is 4.47. The molecule has 2 rings (SSSR count). The maximum absolute atomic E-state index is 13.0. The number of aryl methyl sites for hydroxylation is 2. The van der Waals surface area contributed by atoms with Crippen LogP contribution in [0.2, 0.25) is 0 Å². The zero-order valence-corrected chi connectivity index (χ0v) is 15.6. The largest absolute Gasteiger partial charge is 0.360 e. The van der Waals surface area contributed by atoms with Crippen LogP contribution in [0.1, 0.15) is 37.1 Å². The van der Waals surface area contributed by atoms with Gasteiger partial charge in [0.25, 0.3) is 0 Å². The molecule has 24 heavy (non-hydrogen) atoms. The Morgan fingerprint density at radius 1 is 1.42 bits per heavy atom. The zero-order chi connectivity index (χ0) is 17.0. The molecule has 1 aliphatic heterocycles. The van der Waals surface area contributed by atoms with Gasteiger partial charge in [0.2, 0.25) is 15.9 Å². The molecule has 2 heterocycles. The van der Waals surface area contributed by atoms with E-state index < -0.39 is 10.0 Å². The Bertz CT molecular complexity index is 642. The van der Waals surface area contributed by atoms with E-state index in [1.54, 1.807) is 13.8 Å². The lowest BCUT2D eigenvalue weighted by Gasteiger charge is -2.34. The second-order valence-corrected chi connectivity index (χ2v) is 7.59. The summed E-state index contributed by atoms with van der Waals surface area (Å²) in [6.45, 7) is 4.21. The van der Waals surface area contributed by atoms with Gasteiger partial charge in [-0.1, -0.05) is 11.6 Å². The Morgan fingerprint density at radius 2 is 2.12 bits per heavy atom. The minimum atomic E-state index is -3.69. The van der Waals surface area contributed by atoms with Crippen LogP contribution in [0.3, 0.4) is 0 Å². The molecular weight excluding hydrogens is 356 g/mol. The van der Waals surface area contributed by atoms with Gasteiger partial charge in [-0.25, -0.2) is 8.42 Å². The van der Waals surface area contributed by atoms with Gasteiger partial charge in [-0.3, -0.25) is 4.79 Å². The summed E-state index contributed by atoms with van der Waals surface area (Å²) in [5.41, 5.74) is 5.71. The van der Waals surface area contributed by atoms with Crippen LogP contribution in [0.5, 0.6) is 0 Å². The number of sulfonamides is 1. The second-order valence-electron chi connectivity index (χ2n) is 5.76. The molecule has 1 atom stereocenters. The van der Waals surface area contributed by atoms with E-state index in [0.717, 1.165) is 12.8 Å². The third-order valence-corrected chi connectivity index (χ3v) is 6.21. The van der Waals surface area contributed by atoms with Gasteiger partial charge in [0.05, 0.1) is 0 Å². The fourth-order valence-corrected chi connectivity index (χ4v) is 4.89. The quantitative estimate of drug-likeness (QED) is 0.750. The van der Waals surface area contributed by atoms with Crippen molar-refractivity contribution in [2.45, 2.75) is 50.5 Å². The highest BCUT2D eigenvalue weighted by atomic mass is 35.5. The molecule has 1 aliphatic rings. The van der Waals surface area contributed by atoms with Gasteiger partial charge >= 0.3 is 0 Å². The number of halogens is 1. The molecule has 0 spiro atoms. The van der Waals surface area contributed by atoms with E-state index in [-0.39, 0.29) is 42.2 Å². The second kappa shape index (κ2) is 8.80. The molecule has 1 unspecified atom stereocenters. The average molecular weight is 381 g/mol. The Morgan fingerprint density at radius 3 is 2.71 bits per heavy atom. The van der Waals surface area contributed by atoms with Crippen molar-refractivity contribution in [1.29, 1.82) is 0 Å². The van der Waals surface area contributed by atoms with Gasteiger partial charge < -0.3 is 15.6 Å². The number of amides is 1. The molecule has 0 radical (unpaired) electrons. The maximum atomic E-state index is 13.0. The van der Waals surface area contributed by atoms with Crippen molar-refractivity contribution in [1.82, 2.24) is 14.8 Å². The highest BCUT2D eigenvalue weighted by Crippen LogP contribution is 2.28. The van der Waals surface area contributed by atoms with Gasteiger partial charge in [0.15, 0.2) is 5.76 Å². The van der Waals surface area contributed by atoms with Crippen LogP contribution in [0.15, 0.2) is 9.42 Å². The van der Waals surface area contributed by atoms with E-state index in [0.29, 0.717) is 31.0 Å². The SMILES string of the molecule is Cc1noc(C)c1S(=O)(=O)N1CCCCC1CNC(=O)CCN.Cl. The van der Waals surface area contributed by atoms with Gasteiger partial charge in [-0.2, -0.15) is 4.31 Å². The monoisotopic (exact) mass is 380 g/mol. The molecule has 1 aromatic heterocycles. The summed E-state index contributed by atoms with van der Waals surface area (Å²) in [6, 6.07) is -0.260. The van der Waals surface area contributed by atoms with Crippen LogP contribution < -0.4 is 11.1 Å². The first-order chi connectivity index (χ1) is 10.9. The predicted octanol–water partition coefficient (Wildman–Crippen LogP) is 0.721. The molecule has 0 bridgehead atoms. The molecule has 0 aromatic carbocycles. The summed E-state index contributed by atoms with van der Waals surface area (Å²) in [5, 5.41) is 6.50. The minimum absolute atomic E-state index is 0. The lowest BCUT2D eigenvalue weighted by molar-refractivity contribution is -0.121. The Balaban J connectivity index is 0.00000288. The van der Waals surface area contributed by atoms with Crippen LogP contribution in [-0.4, -0.2) is 49.5 Å². The van der Waals surface area contributed by atoms with Crippen LogP contribution in [0.25, 0.3) is 0 Å². The van der Waals surface area contributed by atoms with Crippen molar-refractivity contribution in [3.63, 3.8) is 0 Å². The molecular formula is C14H25ClN4O4S. The van der Waals surface area contributed by atoms with Crippen LogP contribution in [0, 0.1) is 13.8 Å². The van der Waals surface area contributed by atoms with Crippen molar-refractivity contribution in [3.05, 3.63) is 11.5 Å². The van der Waals surface area contributed by atoms with Gasteiger partial charge in [-0.15, -0.1) is 12.4 Å². The highest BCUT2D eigenvalue weighted by molar-refractivity contribution is 7.89. The van der Waals surface area contributed by atoms with Crippen molar-refractivity contribution in [3.8, 4) is 0 Å². The topological polar surface area (TPSA) is 119 Å². The van der Waals surface area contributed by atoms with Crippen molar-refractivity contribution < 1.29 is 17.7 Å². The number of hydrogen-bond acceptors (Lipinski definition) is 6. The maximum Gasteiger partial charge on any atom is 0.248 e. The van der Waals surface area contributed by atoms with Gasteiger partial charge in [0.1, 0.15) is 10.6 Å². The number of aromatic nitrogens is 1. The molecule has 1 amide bonds. The van der Waals surface area contributed by atoms with E-state index in [4.69, 9.17) is 10.3 Å². The smallest absolute Gasteiger partial charge is 0.248 e. The van der Waals surface area contributed by atoms with Crippen LogP contribution in [-0.2, 0) is 14.8 Å². The Labute approximate surface area is 148 Å². The van der Waals surface area contributed by atoms with E-state index in [1.807, 2.05) is 0 Å². The fraction of sp³-hybridized carbons (Fsp3) is 0.714. The van der Waals surface area contributed by atoms with Crippen molar-refractivity contribution >= 4 is 28.3 Å². The molecule has 1 aromatic rings. The first-order valence-electron chi connectivity index (χ1n) is 7.79. The predicted molar refractivity (Wildman–Crippen MR) is 91.4 cm³/mol. The van der Waals surface area contributed by atoms with Gasteiger partial charge in [0, 0.05) is 32.1 Å². The first kappa shape index (κ1) is 20.9. The third-order valence-electron chi connectivity index (χ3n) is 4.01. The van der Waals surface area contributed by atoms with Crippen molar-refractivity contribution in [2.24, 2.45) is 5.73 Å². The first-order valence-corrected chi connectivity index (χ1v) is 9.23. The van der Waals surface area contributed by atoms with E-state index >= 15 is 0 Å². The number of nitrogens with one attached hydrogen (secondary N) is 1. The fourth-order valence-electron chi connectivity index (χ4n) is 2.91. The van der Waals surface area contributed by atoms with Crippen LogP contribution >= 0.6 is 12.4 Å². The lowest BCUT2D eigenvalue weighted by atomic mass is 10.1.